The molecule has 0 aromatic rings. The zero-order valence-electron chi connectivity index (χ0n) is 6.73. The van der Waals surface area contributed by atoms with Crippen molar-refractivity contribution < 1.29 is 17.1 Å². The molecule has 2 aliphatic carbocycles. The van der Waals surface area contributed by atoms with Crippen LogP contribution in [0, 0.1) is 59.2 Å². The summed E-state index contributed by atoms with van der Waals surface area (Å²) in [7, 11) is 0. The number of hydrogen-bond donors (Lipinski definition) is 0. The predicted octanol–water partition coefficient (Wildman–Crippen LogP) is 3.57. The van der Waals surface area contributed by atoms with Crippen LogP contribution in [0.1, 0.15) is 0 Å². The summed E-state index contributed by atoms with van der Waals surface area (Å²) in [6.45, 7) is 0. The van der Waals surface area contributed by atoms with E-state index in [1.54, 1.807) is 0 Å². The van der Waals surface area contributed by atoms with Crippen LogP contribution in [0.4, 0.5) is 0 Å². The molecule has 0 unspecified atom stereocenters. The summed E-state index contributed by atoms with van der Waals surface area (Å²) in [5.41, 5.74) is 0. The smallest absolute Gasteiger partial charge is 0.0767 e. The van der Waals surface area contributed by atoms with Gasteiger partial charge in [-0.1, -0.05) is 45.2 Å². The van der Waals surface area contributed by atoms with Crippen LogP contribution in [-0.2, 0) is 17.1 Å². The van der Waals surface area contributed by atoms with Crippen molar-refractivity contribution in [2.75, 3.05) is 0 Å². The maximum absolute atomic E-state index is 2.28. The van der Waals surface area contributed by atoms with Gasteiger partial charge in [0.1, 0.15) is 0 Å². The fourth-order valence-electron chi connectivity index (χ4n) is 0.701. The van der Waals surface area contributed by atoms with E-state index in [9.17, 15) is 0 Å². The predicted molar refractivity (Wildman–Crippen MR) is 68.9 cm³/mol. The van der Waals surface area contributed by atoms with E-state index in [0.717, 1.165) is 0 Å². The molecule has 0 aromatic heterocycles. The van der Waals surface area contributed by atoms with E-state index in [4.69, 9.17) is 0 Å². The Bertz CT molecular complexity index is 93.5. The first-order chi connectivity index (χ1) is 5.79. The minimum Gasteiger partial charge on any atom is -0.0767 e. The van der Waals surface area contributed by atoms with Gasteiger partial charge in [-0.15, -0.1) is 0 Å². The first kappa shape index (κ1) is 15.0. The van der Waals surface area contributed by atoms with Gasteiger partial charge in [-0.2, -0.15) is 0 Å². The van der Waals surface area contributed by atoms with Crippen LogP contribution in [0.2, 0.25) is 0 Å². The largest absolute Gasteiger partial charge is 2.00 e. The molecule has 0 amide bonds. The SMILES string of the molecule is I[C]1[CH][CH][CH][CH]1.I[C]1[CH][CH][CH][CH]1.[Fe+2]. The molecule has 13 heavy (non-hydrogen) atoms. The number of rotatable bonds is 0. The molecular formula is C10H8FeI2+2. The Hall–Kier alpha value is 1.98. The van der Waals surface area contributed by atoms with Crippen molar-refractivity contribution in [1.29, 1.82) is 0 Å². The van der Waals surface area contributed by atoms with Crippen LogP contribution in [0.25, 0.3) is 0 Å². The molecule has 0 heterocycles. The third-order valence-corrected chi connectivity index (χ3v) is 2.68. The van der Waals surface area contributed by atoms with Gasteiger partial charge >= 0.3 is 17.1 Å². The van der Waals surface area contributed by atoms with Crippen molar-refractivity contribution in [3.05, 3.63) is 59.2 Å². The molecule has 2 rings (SSSR count). The van der Waals surface area contributed by atoms with Crippen molar-refractivity contribution in [3.63, 3.8) is 0 Å². The molecule has 0 bridgehead atoms. The normalized spacial score (nSPS) is 23.5. The molecule has 2 fully saturated rings. The summed E-state index contributed by atoms with van der Waals surface area (Å²) in [5.74, 6) is 0. The summed E-state index contributed by atoms with van der Waals surface area (Å²) >= 11 is 4.55. The first-order valence-electron chi connectivity index (χ1n) is 3.53. The molecule has 0 saturated heterocycles. The van der Waals surface area contributed by atoms with Gasteiger partial charge in [0.15, 0.2) is 0 Å². The molecule has 0 aromatic carbocycles. The monoisotopic (exact) mass is 438 g/mol. The van der Waals surface area contributed by atoms with E-state index in [1.165, 1.54) is 7.85 Å². The second kappa shape index (κ2) is 9.22. The Kier molecular flexibility index (Phi) is 10.6. The second-order valence-electron chi connectivity index (χ2n) is 2.21. The topological polar surface area (TPSA) is 0 Å². The standard InChI is InChI=1S/2C5H4I.Fe/c2*6-5-3-1-2-4-5;/h2*1-4H;/q;;+2. The molecule has 0 atom stereocenters. The van der Waals surface area contributed by atoms with E-state index in [1.807, 2.05) is 25.7 Å². The quantitative estimate of drug-likeness (QED) is 0.401. The fourth-order valence-corrected chi connectivity index (χ4v) is 1.53. The fraction of sp³-hybridized carbons (Fsp3) is 0. The van der Waals surface area contributed by atoms with Crippen LogP contribution >= 0.6 is 45.2 Å². The van der Waals surface area contributed by atoms with E-state index in [-0.39, 0.29) is 17.1 Å². The molecule has 10 radical (unpaired) electrons. The van der Waals surface area contributed by atoms with Crippen LogP contribution in [0.15, 0.2) is 0 Å². The maximum Gasteiger partial charge on any atom is 2.00 e. The Morgan fingerprint density at radius 2 is 0.846 bits per heavy atom. The Morgan fingerprint density at radius 1 is 0.615 bits per heavy atom. The Morgan fingerprint density at radius 3 is 0.923 bits per heavy atom. The molecule has 0 N–H and O–H groups in total. The summed E-state index contributed by atoms with van der Waals surface area (Å²) in [5, 5.41) is 0. The van der Waals surface area contributed by atoms with Crippen molar-refractivity contribution in [2.24, 2.45) is 0 Å². The van der Waals surface area contributed by atoms with Crippen LogP contribution in [0.3, 0.4) is 0 Å². The van der Waals surface area contributed by atoms with Gasteiger partial charge < -0.3 is 0 Å². The zero-order valence-corrected chi connectivity index (χ0v) is 12.1. The summed E-state index contributed by atoms with van der Waals surface area (Å²) in [6.07, 6.45) is 16.4. The van der Waals surface area contributed by atoms with Crippen LogP contribution in [0.5, 0.6) is 0 Å². The van der Waals surface area contributed by atoms with Gasteiger partial charge in [-0.05, 0) is 51.4 Å². The van der Waals surface area contributed by atoms with Crippen molar-refractivity contribution in [3.8, 4) is 0 Å². The van der Waals surface area contributed by atoms with Crippen molar-refractivity contribution in [1.82, 2.24) is 0 Å². The van der Waals surface area contributed by atoms with Gasteiger partial charge in [-0.25, -0.2) is 0 Å². The van der Waals surface area contributed by atoms with Gasteiger partial charge in [0.25, 0.3) is 0 Å². The second-order valence-corrected chi connectivity index (χ2v) is 4.70. The first-order valence-corrected chi connectivity index (χ1v) is 5.69. The molecule has 2 saturated carbocycles. The molecule has 3 heteroatoms. The molecule has 2 aliphatic rings. The van der Waals surface area contributed by atoms with E-state index < -0.39 is 0 Å². The molecular weight excluding hydrogens is 430 g/mol. The Labute approximate surface area is 120 Å². The van der Waals surface area contributed by atoms with E-state index >= 15 is 0 Å². The van der Waals surface area contributed by atoms with Crippen LogP contribution in [-0.4, -0.2) is 0 Å². The molecule has 68 valence electrons. The molecule has 0 aliphatic heterocycles. The van der Waals surface area contributed by atoms with Crippen LogP contribution < -0.4 is 0 Å². The minimum atomic E-state index is 0. The van der Waals surface area contributed by atoms with Gasteiger partial charge in [-0.3, -0.25) is 0 Å². The number of halogens is 2. The maximum atomic E-state index is 2.28. The number of hydrogen-bond acceptors (Lipinski definition) is 0. The summed E-state index contributed by atoms with van der Waals surface area (Å²) in [4.78, 5) is 0. The summed E-state index contributed by atoms with van der Waals surface area (Å²) in [6, 6.07) is 0. The van der Waals surface area contributed by atoms with Crippen molar-refractivity contribution >= 4 is 45.2 Å². The minimum absolute atomic E-state index is 0. The van der Waals surface area contributed by atoms with E-state index in [2.05, 4.69) is 70.9 Å². The third kappa shape index (κ3) is 7.86. The third-order valence-electron chi connectivity index (χ3n) is 1.24. The van der Waals surface area contributed by atoms with Gasteiger partial charge in [0.05, 0.1) is 0 Å². The molecule has 0 spiro atoms. The van der Waals surface area contributed by atoms with Gasteiger partial charge in [0, 0.05) is 7.85 Å². The van der Waals surface area contributed by atoms with E-state index in [0.29, 0.717) is 0 Å². The average molecular weight is 438 g/mol. The zero-order chi connectivity index (χ0) is 8.81. The molecule has 0 nitrogen and oxygen atoms in total. The van der Waals surface area contributed by atoms with Gasteiger partial charge in [0.2, 0.25) is 0 Å². The summed E-state index contributed by atoms with van der Waals surface area (Å²) < 4.78 is 2.63. The Balaban J connectivity index is 0.000000206. The average Bonchev–Trinajstić information content (AvgIpc) is 2.63. The van der Waals surface area contributed by atoms with Crippen molar-refractivity contribution in [2.45, 2.75) is 0 Å².